The van der Waals surface area contributed by atoms with Crippen LogP contribution >= 0.6 is 0 Å². The lowest BCUT2D eigenvalue weighted by molar-refractivity contribution is -0.111. The number of rotatable bonds is 9. The number of benzene rings is 2. The van der Waals surface area contributed by atoms with Crippen LogP contribution in [0.25, 0.3) is 11.3 Å². The molecule has 0 bridgehead atoms. The zero-order valence-corrected chi connectivity index (χ0v) is 20.6. The van der Waals surface area contributed by atoms with Crippen LogP contribution in [-0.2, 0) is 4.79 Å². The first-order valence-corrected chi connectivity index (χ1v) is 11.6. The number of nitrogens with zero attached hydrogens (tertiary/aromatic N) is 4. The molecule has 0 unspecified atom stereocenters. The van der Waals surface area contributed by atoms with Gasteiger partial charge in [0, 0.05) is 59.4 Å². The van der Waals surface area contributed by atoms with Gasteiger partial charge in [-0.05, 0) is 74.8 Å². The summed E-state index contributed by atoms with van der Waals surface area (Å²) >= 11 is 0. The third kappa shape index (κ3) is 7.55. The molecule has 2 aromatic carbocycles. The molecule has 0 spiro atoms. The Balaban J connectivity index is 1.36. The number of hydrogen-bond acceptors (Lipinski definition) is 7. The zero-order valence-electron chi connectivity index (χ0n) is 20.6. The molecule has 0 saturated carbocycles. The highest BCUT2D eigenvalue weighted by Gasteiger charge is 2.08. The fraction of sp³-hybridized carbons (Fsp3) is 0.107. The normalized spacial score (nSPS) is 10.9. The van der Waals surface area contributed by atoms with E-state index in [-0.39, 0.29) is 11.8 Å². The van der Waals surface area contributed by atoms with Gasteiger partial charge in [-0.25, -0.2) is 9.97 Å². The first-order valence-electron chi connectivity index (χ1n) is 11.6. The molecule has 0 atom stereocenters. The van der Waals surface area contributed by atoms with Gasteiger partial charge in [0.1, 0.15) is 0 Å². The molecule has 2 amide bonds. The summed E-state index contributed by atoms with van der Waals surface area (Å²) in [7, 11) is 3.85. The Labute approximate surface area is 215 Å². The van der Waals surface area contributed by atoms with Gasteiger partial charge in [-0.3, -0.25) is 14.6 Å². The Morgan fingerprint density at radius 3 is 2.46 bits per heavy atom. The van der Waals surface area contributed by atoms with E-state index in [0.29, 0.717) is 29.4 Å². The van der Waals surface area contributed by atoms with E-state index in [1.165, 1.54) is 6.08 Å². The van der Waals surface area contributed by atoms with Crippen LogP contribution in [-0.4, -0.2) is 52.3 Å². The van der Waals surface area contributed by atoms with Crippen molar-refractivity contribution in [2.24, 2.45) is 0 Å². The lowest BCUT2D eigenvalue weighted by Gasteiger charge is -2.10. The van der Waals surface area contributed by atoms with E-state index < -0.39 is 0 Å². The zero-order chi connectivity index (χ0) is 26.0. The Morgan fingerprint density at radius 2 is 1.70 bits per heavy atom. The highest BCUT2D eigenvalue weighted by atomic mass is 16.2. The summed E-state index contributed by atoms with van der Waals surface area (Å²) in [6.07, 6.45) is 8.40. The van der Waals surface area contributed by atoms with Gasteiger partial charge in [-0.15, -0.1) is 0 Å². The maximum atomic E-state index is 12.8. The van der Waals surface area contributed by atoms with Crippen molar-refractivity contribution < 1.29 is 9.59 Å². The summed E-state index contributed by atoms with van der Waals surface area (Å²) in [6, 6.07) is 19.6. The molecule has 0 aliphatic heterocycles. The van der Waals surface area contributed by atoms with Gasteiger partial charge in [-0.1, -0.05) is 12.1 Å². The summed E-state index contributed by atoms with van der Waals surface area (Å²) < 4.78 is 0. The van der Waals surface area contributed by atoms with E-state index in [4.69, 9.17) is 0 Å². The van der Waals surface area contributed by atoms with Crippen molar-refractivity contribution in [2.45, 2.75) is 0 Å². The van der Waals surface area contributed by atoms with E-state index in [0.717, 1.165) is 16.9 Å². The van der Waals surface area contributed by atoms with E-state index >= 15 is 0 Å². The summed E-state index contributed by atoms with van der Waals surface area (Å²) in [6.45, 7) is 0.675. The van der Waals surface area contributed by atoms with E-state index in [1.807, 2.05) is 49.3 Å². The standard InChI is InChI=1S/C28H27N7O2/c1-35(2)17-5-9-26(36)31-22-12-10-20(11-13-22)27(37)32-23-7-3-8-24(18-23)33-28-30-16-14-25(34-28)21-6-4-15-29-19-21/h3-16,18-19H,17H2,1-2H3,(H,31,36)(H,32,37)(H,30,33,34)/b9-5+. The van der Waals surface area contributed by atoms with Gasteiger partial charge in [0.05, 0.1) is 5.69 Å². The first-order chi connectivity index (χ1) is 18.0. The van der Waals surface area contributed by atoms with Crippen molar-refractivity contribution in [1.82, 2.24) is 19.9 Å². The molecular weight excluding hydrogens is 466 g/mol. The smallest absolute Gasteiger partial charge is 0.255 e. The maximum absolute atomic E-state index is 12.8. The fourth-order valence-corrected chi connectivity index (χ4v) is 3.36. The highest BCUT2D eigenvalue weighted by molar-refractivity contribution is 6.05. The minimum Gasteiger partial charge on any atom is -0.324 e. The molecular formula is C28H27N7O2. The maximum Gasteiger partial charge on any atom is 0.255 e. The van der Waals surface area contributed by atoms with Crippen LogP contribution in [0.15, 0.2) is 97.5 Å². The topological polar surface area (TPSA) is 112 Å². The second-order valence-electron chi connectivity index (χ2n) is 8.40. The van der Waals surface area contributed by atoms with Gasteiger partial charge >= 0.3 is 0 Å². The number of carbonyl (C=O) groups excluding carboxylic acids is 2. The summed E-state index contributed by atoms with van der Waals surface area (Å²) in [5.74, 6) is -0.0620. The third-order valence-electron chi connectivity index (χ3n) is 5.14. The first kappa shape index (κ1) is 25.2. The molecule has 4 aromatic rings. The minimum absolute atomic E-state index is 0.224. The van der Waals surface area contributed by atoms with Gasteiger partial charge in [0.2, 0.25) is 11.9 Å². The van der Waals surface area contributed by atoms with Crippen molar-refractivity contribution >= 4 is 34.8 Å². The molecule has 4 rings (SSSR count). The van der Waals surface area contributed by atoms with Crippen molar-refractivity contribution in [2.75, 3.05) is 36.6 Å². The van der Waals surface area contributed by atoms with Crippen LogP contribution in [0.2, 0.25) is 0 Å². The molecule has 0 fully saturated rings. The molecule has 2 heterocycles. The average Bonchev–Trinajstić information content (AvgIpc) is 2.90. The summed E-state index contributed by atoms with van der Waals surface area (Å²) in [5, 5.41) is 8.84. The molecule has 9 nitrogen and oxygen atoms in total. The van der Waals surface area contributed by atoms with Gasteiger partial charge in [-0.2, -0.15) is 0 Å². The fourth-order valence-electron chi connectivity index (χ4n) is 3.36. The van der Waals surface area contributed by atoms with Crippen LogP contribution in [0.4, 0.5) is 23.0 Å². The number of amides is 2. The van der Waals surface area contributed by atoms with Gasteiger partial charge in [0.15, 0.2) is 0 Å². The molecule has 0 radical (unpaired) electrons. The predicted molar refractivity (Wildman–Crippen MR) is 146 cm³/mol. The molecule has 37 heavy (non-hydrogen) atoms. The van der Waals surface area contributed by atoms with Crippen LogP contribution in [0, 0.1) is 0 Å². The largest absolute Gasteiger partial charge is 0.324 e. The summed E-state index contributed by atoms with van der Waals surface area (Å²) in [4.78, 5) is 39.7. The van der Waals surface area contributed by atoms with E-state index in [9.17, 15) is 9.59 Å². The Kier molecular flexibility index (Phi) is 8.30. The number of anilines is 4. The number of hydrogen-bond donors (Lipinski definition) is 3. The predicted octanol–water partition coefficient (Wildman–Crippen LogP) is 4.59. The van der Waals surface area contributed by atoms with Crippen LogP contribution in [0.1, 0.15) is 10.4 Å². The summed E-state index contributed by atoms with van der Waals surface area (Å²) in [5.41, 5.74) is 4.05. The Hall–Kier alpha value is -4.89. The van der Waals surface area contributed by atoms with Crippen molar-refractivity contribution in [3.05, 3.63) is 103 Å². The number of aromatic nitrogens is 3. The van der Waals surface area contributed by atoms with Crippen LogP contribution < -0.4 is 16.0 Å². The molecule has 3 N–H and O–H groups in total. The molecule has 0 aliphatic rings. The molecule has 0 saturated heterocycles. The number of likely N-dealkylation sites (N-methyl/N-ethyl adjacent to an activating group) is 1. The minimum atomic E-state index is -0.268. The van der Waals surface area contributed by atoms with E-state index in [2.05, 4.69) is 30.9 Å². The van der Waals surface area contributed by atoms with Gasteiger partial charge < -0.3 is 20.9 Å². The second-order valence-corrected chi connectivity index (χ2v) is 8.40. The molecule has 2 aromatic heterocycles. The van der Waals surface area contributed by atoms with Crippen molar-refractivity contribution in [3.63, 3.8) is 0 Å². The van der Waals surface area contributed by atoms with Crippen molar-refractivity contribution in [1.29, 1.82) is 0 Å². The Bertz CT molecular complexity index is 1390. The molecule has 9 heteroatoms. The lowest BCUT2D eigenvalue weighted by atomic mass is 10.2. The number of nitrogens with one attached hydrogen (secondary N) is 3. The van der Waals surface area contributed by atoms with Crippen molar-refractivity contribution in [3.8, 4) is 11.3 Å². The quantitative estimate of drug-likeness (QED) is 0.292. The van der Waals surface area contributed by atoms with Crippen LogP contribution in [0.3, 0.4) is 0 Å². The van der Waals surface area contributed by atoms with Crippen LogP contribution in [0.5, 0.6) is 0 Å². The highest BCUT2D eigenvalue weighted by Crippen LogP contribution is 2.21. The third-order valence-corrected chi connectivity index (χ3v) is 5.14. The van der Waals surface area contributed by atoms with Gasteiger partial charge in [0.25, 0.3) is 5.91 Å². The lowest BCUT2D eigenvalue weighted by Crippen LogP contribution is -2.13. The van der Waals surface area contributed by atoms with E-state index in [1.54, 1.807) is 61.1 Å². The number of carbonyl (C=O) groups is 2. The monoisotopic (exact) mass is 493 g/mol. The second kappa shape index (κ2) is 12.2. The average molecular weight is 494 g/mol. The number of pyridine rings is 1. The molecule has 186 valence electrons. The SMILES string of the molecule is CN(C)C/C=C/C(=O)Nc1ccc(C(=O)Nc2cccc(Nc3nccc(-c4cccnc4)n3)c2)cc1. The molecule has 0 aliphatic carbocycles. The Morgan fingerprint density at radius 1 is 0.892 bits per heavy atom.